The molecule has 0 saturated heterocycles. The molecule has 1 atom stereocenters. The molecule has 21 heavy (non-hydrogen) atoms. The van der Waals surface area contributed by atoms with E-state index in [9.17, 15) is 4.79 Å². The Morgan fingerprint density at radius 3 is 2.52 bits per heavy atom. The molecule has 3 nitrogen and oxygen atoms in total. The second-order valence-corrected chi connectivity index (χ2v) is 5.97. The van der Waals surface area contributed by atoms with Gasteiger partial charge >= 0.3 is 5.97 Å². The van der Waals surface area contributed by atoms with E-state index in [0.717, 1.165) is 43.5 Å². The van der Waals surface area contributed by atoms with Gasteiger partial charge in [-0.15, -0.1) is 0 Å². The third-order valence-electron chi connectivity index (χ3n) is 5.24. The monoisotopic (exact) mass is 290 g/mol. The highest BCUT2D eigenvalue weighted by Gasteiger charge is 2.30. The molecule has 3 heteroatoms. The summed E-state index contributed by atoms with van der Waals surface area (Å²) in [6, 6.07) is 8.24. The van der Waals surface area contributed by atoms with E-state index in [1.54, 1.807) is 0 Å². The van der Waals surface area contributed by atoms with Gasteiger partial charge in [0.25, 0.3) is 0 Å². The number of quaternary nitrogens is 1. The summed E-state index contributed by atoms with van der Waals surface area (Å²) in [5, 5.41) is 0. The number of esters is 1. The van der Waals surface area contributed by atoms with Crippen molar-refractivity contribution in [1.82, 2.24) is 0 Å². The average molecular weight is 290 g/mol. The molecule has 2 rings (SSSR count). The molecule has 1 unspecified atom stereocenters. The number of rotatable bonds is 7. The second-order valence-electron chi connectivity index (χ2n) is 5.97. The molecule has 0 fully saturated rings. The van der Waals surface area contributed by atoms with Gasteiger partial charge in [0.2, 0.25) is 0 Å². The smallest absolute Gasteiger partial charge is 0.313 e. The molecule has 1 aromatic carbocycles. The minimum absolute atomic E-state index is 0.0404. The summed E-state index contributed by atoms with van der Waals surface area (Å²) in [6.45, 7) is 11.4. The topological polar surface area (TPSA) is 26.3 Å². The molecule has 0 aliphatic heterocycles. The third kappa shape index (κ3) is 3.46. The van der Waals surface area contributed by atoms with Gasteiger partial charge in [0.1, 0.15) is 13.2 Å². The fourth-order valence-electron chi connectivity index (χ4n) is 3.39. The van der Waals surface area contributed by atoms with Crippen molar-refractivity contribution in [1.29, 1.82) is 0 Å². The number of aryl methyl sites for hydroxylation is 1. The van der Waals surface area contributed by atoms with Crippen molar-refractivity contribution in [2.45, 2.75) is 39.5 Å². The first kappa shape index (κ1) is 16.0. The number of carbonyl (C=O) groups excluding carboxylic acids is 1. The van der Waals surface area contributed by atoms with E-state index >= 15 is 0 Å². The number of nitrogens with zero attached hydrogens (tertiary/aromatic N) is 1. The number of hydrogen-bond donors (Lipinski definition) is 0. The first-order valence-corrected chi connectivity index (χ1v) is 8.25. The largest absolute Gasteiger partial charge is 0.459 e. The van der Waals surface area contributed by atoms with Crippen molar-refractivity contribution in [2.75, 3.05) is 32.8 Å². The van der Waals surface area contributed by atoms with Gasteiger partial charge in [0.05, 0.1) is 25.6 Å². The van der Waals surface area contributed by atoms with Crippen LogP contribution in [0.4, 0.5) is 0 Å². The number of carbonyl (C=O) groups is 1. The van der Waals surface area contributed by atoms with Crippen LogP contribution in [0, 0.1) is 0 Å². The Kier molecular flexibility index (Phi) is 5.40. The van der Waals surface area contributed by atoms with Crippen LogP contribution in [0.15, 0.2) is 24.3 Å². The van der Waals surface area contributed by atoms with Crippen LogP contribution < -0.4 is 0 Å². The summed E-state index contributed by atoms with van der Waals surface area (Å²) in [4.78, 5) is 12.3. The summed E-state index contributed by atoms with van der Waals surface area (Å²) in [5.74, 6) is -0.0886. The minimum atomic E-state index is -0.0482. The first-order chi connectivity index (χ1) is 10.2. The minimum Gasteiger partial charge on any atom is -0.459 e. The Morgan fingerprint density at radius 1 is 1.19 bits per heavy atom. The van der Waals surface area contributed by atoms with E-state index in [1.165, 1.54) is 11.1 Å². The Morgan fingerprint density at radius 2 is 1.86 bits per heavy atom. The molecule has 0 spiro atoms. The van der Waals surface area contributed by atoms with Crippen LogP contribution in [0.5, 0.6) is 0 Å². The van der Waals surface area contributed by atoms with Gasteiger partial charge in [0, 0.05) is 0 Å². The van der Waals surface area contributed by atoms with Crippen LogP contribution in [0.1, 0.15) is 44.2 Å². The number of benzene rings is 1. The average Bonchev–Trinajstić information content (AvgIpc) is 2.96. The highest BCUT2D eigenvalue weighted by atomic mass is 16.5. The molecule has 1 aliphatic rings. The van der Waals surface area contributed by atoms with Crippen molar-refractivity contribution in [3.05, 3.63) is 35.4 Å². The van der Waals surface area contributed by atoms with Crippen molar-refractivity contribution in [3.63, 3.8) is 0 Å². The van der Waals surface area contributed by atoms with E-state index < -0.39 is 0 Å². The molecule has 0 amide bonds. The lowest BCUT2D eigenvalue weighted by atomic mass is 10.0. The van der Waals surface area contributed by atoms with Gasteiger partial charge in [-0.2, -0.15) is 0 Å². The van der Waals surface area contributed by atoms with E-state index in [-0.39, 0.29) is 11.9 Å². The molecular weight excluding hydrogens is 262 g/mol. The standard InChI is InChI=1S/C18H28NO2/c1-4-19(5-2,6-3)13-14-21-18(20)17-12-11-15-9-7-8-10-16(15)17/h7-10,17H,4-6,11-14H2,1-3H3/q+1. The molecular formula is C18H28NO2+. The predicted octanol–water partition coefficient (Wildman–Crippen LogP) is 3.14. The lowest BCUT2D eigenvalue weighted by Gasteiger charge is -2.35. The van der Waals surface area contributed by atoms with Crippen molar-refractivity contribution >= 4 is 5.97 Å². The number of likely N-dealkylation sites (N-methyl/N-ethyl adjacent to an activating group) is 1. The van der Waals surface area contributed by atoms with Crippen LogP contribution in [0.2, 0.25) is 0 Å². The van der Waals surface area contributed by atoms with Gasteiger partial charge in [-0.3, -0.25) is 4.79 Å². The maximum Gasteiger partial charge on any atom is 0.313 e. The lowest BCUT2D eigenvalue weighted by molar-refractivity contribution is -0.923. The van der Waals surface area contributed by atoms with E-state index in [1.807, 2.05) is 12.1 Å². The van der Waals surface area contributed by atoms with E-state index in [2.05, 4.69) is 32.9 Å². The van der Waals surface area contributed by atoms with Gasteiger partial charge in [-0.05, 0) is 44.7 Å². The molecule has 0 aromatic heterocycles. The molecule has 0 N–H and O–H groups in total. The maximum atomic E-state index is 12.3. The fraction of sp³-hybridized carbons (Fsp3) is 0.611. The van der Waals surface area contributed by atoms with Gasteiger partial charge in [-0.25, -0.2) is 0 Å². The predicted molar refractivity (Wildman–Crippen MR) is 85.2 cm³/mol. The lowest BCUT2D eigenvalue weighted by Crippen LogP contribution is -2.49. The molecule has 1 aromatic rings. The first-order valence-electron chi connectivity index (χ1n) is 8.25. The zero-order valence-corrected chi connectivity index (χ0v) is 13.6. The third-order valence-corrected chi connectivity index (χ3v) is 5.24. The maximum absolute atomic E-state index is 12.3. The SMILES string of the molecule is CC[N+](CC)(CC)CCOC(=O)C1CCc2ccccc21. The molecule has 0 saturated carbocycles. The summed E-state index contributed by atoms with van der Waals surface area (Å²) in [6.07, 6.45) is 1.89. The van der Waals surface area contributed by atoms with E-state index in [0.29, 0.717) is 6.61 Å². The summed E-state index contributed by atoms with van der Waals surface area (Å²) in [7, 11) is 0. The second kappa shape index (κ2) is 7.08. The van der Waals surface area contributed by atoms with E-state index in [4.69, 9.17) is 4.74 Å². The number of fused-ring (bicyclic) bond motifs is 1. The highest BCUT2D eigenvalue weighted by molar-refractivity contribution is 5.79. The van der Waals surface area contributed by atoms with Crippen LogP contribution in [0.25, 0.3) is 0 Å². The van der Waals surface area contributed by atoms with Crippen LogP contribution in [0.3, 0.4) is 0 Å². The number of ether oxygens (including phenoxy) is 1. The molecule has 0 bridgehead atoms. The normalized spacial score (nSPS) is 17.6. The van der Waals surface area contributed by atoms with Crippen LogP contribution in [-0.4, -0.2) is 43.2 Å². The quantitative estimate of drug-likeness (QED) is 0.569. The highest BCUT2D eigenvalue weighted by Crippen LogP contribution is 2.33. The Balaban J connectivity index is 1.89. The Bertz CT molecular complexity index is 472. The van der Waals surface area contributed by atoms with Gasteiger partial charge in [-0.1, -0.05) is 24.3 Å². The summed E-state index contributed by atoms with van der Waals surface area (Å²) in [5.41, 5.74) is 2.48. The summed E-state index contributed by atoms with van der Waals surface area (Å²) < 4.78 is 6.61. The molecule has 116 valence electrons. The van der Waals surface area contributed by atoms with Crippen molar-refractivity contribution in [3.8, 4) is 0 Å². The van der Waals surface area contributed by atoms with Gasteiger partial charge in [0.15, 0.2) is 0 Å². The molecule has 1 aliphatic carbocycles. The fourth-order valence-corrected chi connectivity index (χ4v) is 3.39. The van der Waals surface area contributed by atoms with Crippen molar-refractivity contribution < 1.29 is 14.0 Å². The van der Waals surface area contributed by atoms with Crippen molar-refractivity contribution in [2.24, 2.45) is 0 Å². The summed E-state index contributed by atoms with van der Waals surface area (Å²) >= 11 is 0. The Labute approximate surface area is 128 Å². The van der Waals surface area contributed by atoms with Gasteiger partial charge < -0.3 is 9.22 Å². The molecule has 0 radical (unpaired) electrons. The zero-order chi connectivity index (χ0) is 15.3. The molecule has 0 heterocycles. The zero-order valence-electron chi connectivity index (χ0n) is 13.6. The number of hydrogen-bond acceptors (Lipinski definition) is 2. The Hall–Kier alpha value is -1.35. The van der Waals surface area contributed by atoms with Crippen LogP contribution >= 0.6 is 0 Å². The van der Waals surface area contributed by atoms with Crippen LogP contribution in [-0.2, 0) is 16.0 Å².